The molecule has 4 heterocycles. The number of anilines is 1. The van der Waals surface area contributed by atoms with E-state index in [1.807, 2.05) is 38.2 Å². The highest BCUT2D eigenvalue weighted by Gasteiger charge is 2.24. The summed E-state index contributed by atoms with van der Waals surface area (Å²) in [5, 5.41) is 12.9. The van der Waals surface area contributed by atoms with Crippen LogP contribution in [-0.4, -0.2) is 38.2 Å². The van der Waals surface area contributed by atoms with Crippen molar-refractivity contribution in [3.8, 4) is 11.5 Å². The number of fused-ring (bicyclic) bond motifs is 5. The number of benzene rings is 1. The second-order valence-electron chi connectivity index (χ2n) is 6.88. The highest BCUT2D eigenvalue weighted by Crippen LogP contribution is 2.41. The standard InChI is InChI=1S/C20H18N6OS/c1-4-15-24-19(25-26(15)3)13-6-5-11-12(23-13)7-8-14-16(11)17-18(28-14)20(27)22-10(2)9-21-17/h4-8,10,21H,1,9H2,2-3H3,(H,22,27)/t10-/m1/s1. The monoisotopic (exact) mass is 390 g/mol. The van der Waals surface area contributed by atoms with Crippen LogP contribution in [0.5, 0.6) is 0 Å². The number of hydrogen-bond acceptors (Lipinski definition) is 6. The minimum atomic E-state index is -0.0268. The SMILES string of the molecule is C=Cc1nc(-c2ccc3c(ccc4sc5c(c43)NC[C@@H](C)NC5=O)n2)nn1C. The molecule has 0 radical (unpaired) electrons. The molecule has 1 aromatic carbocycles. The maximum absolute atomic E-state index is 12.5. The summed E-state index contributed by atoms with van der Waals surface area (Å²) in [5.74, 6) is 1.23. The largest absolute Gasteiger partial charge is 0.381 e. The highest BCUT2D eigenvalue weighted by molar-refractivity contribution is 7.21. The Labute approximate surface area is 165 Å². The number of hydrogen-bond donors (Lipinski definition) is 2. The van der Waals surface area contributed by atoms with E-state index in [1.165, 1.54) is 11.3 Å². The van der Waals surface area contributed by atoms with Crippen molar-refractivity contribution in [3.63, 3.8) is 0 Å². The predicted octanol–water partition coefficient (Wildman–Crippen LogP) is 3.43. The van der Waals surface area contributed by atoms with Crippen molar-refractivity contribution >= 4 is 50.0 Å². The molecule has 8 heteroatoms. The molecule has 140 valence electrons. The summed E-state index contributed by atoms with van der Waals surface area (Å²) in [6.07, 6.45) is 1.67. The van der Waals surface area contributed by atoms with Gasteiger partial charge in [0.1, 0.15) is 10.6 Å². The molecule has 0 saturated heterocycles. The average molecular weight is 390 g/mol. The van der Waals surface area contributed by atoms with E-state index in [9.17, 15) is 4.79 Å². The molecule has 0 spiro atoms. The number of thiophene rings is 1. The number of nitrogens with one attached hydrogen (secondary N) is 2. The molecule has 3 aromatic heterocycles. The maximum Gasteiger partial charge on any atom is 0.263 e. The summed E-state index contributed by atoms with van der Waals surface area (Å²) >= 11 is 1.51. The quantitative estimate of drug-likeness (QED) is 0.548. The summed E-state index contributed by atoms with van der Waals surface area (Å²) in [5.41, 5.74) is 2.45. The molecule has 1 aliphatic rings. The zero-order chi connectivity index (χ0) is 19.4. The molecule has 7 nitrogen and oxygen atoms in total. The van der Waals surface area contributed by atoms with Crippen molar-refractivity contribution in [1.82, 2.24) is 25.1 Å². The Hall–Kier alpha value is -3.26. The third-order valence-electron chi connectivity index (χ3n) is 4.90. The first-order valence-electron chi connectivity index (χ1n) is 9.00. The van der Waals surface area contributed by atoms with Crippen LogP contribution >= 0.6 is 11.3 Å². The van der Waals surface area contributed by atoms with Gasteiger partial charge in [-0.05, 0) is 37.3 Å². The third kappa shape index (κ3) is 2.49. The van der Waals surface area contributed by atoms with Gasteiger partial charge in [-0.15, -0.1) is 16.4 Å². The molecule has 2 N–H and O–H groups in total. The number of aryl methyl sites for hydroxylation is 1. The number of nitrogens with zero attached hydrogens (tertiary/aromatic N) is 4. The lowest BCUT2D eigenvalue weighted by molar-refractivity contribution is 0.0949. The van der Waals surface area contributed by atoms with Crippen LogP contribution in [0.3, 0.4) is 0 Å². The smallest absolute Gasteiger partial charge is 0.263 e. The topological polar surface area (TPSA) is 84.7 Å². The van der Waals surface area contributed by atoms with Crippen LogP contribution in [-0.2, 0) is 7.05 Å². The van der Waals surface area contributed by atoms with Gasteiger partial charge in [-0.3, -0.25) is 4.79 Å². The van der Waals surface area contributed by atoms with Crippen LogP contribution in [0.25, 0.3) is 38.6 Å². The minimum Gasteiger partial charge on any atom is -0.381 e. The molecule has 1 aliphatic heterocycles. The van der Waals surface area contributed by atoms with Crippen molar-refractivity contribution in [1.29, 1.82) is 0 Å². The van der Waals surface area contributed by atoms with Gasteiger partial charge < -0.3 is 10.6 Å². The Bertz CT molecular complexity index is 1270. The van der Waals surface area contributed by atoms with Crippen LogP contribution in [0.4, 0.5) is 5.69 Å². The molecule has 4 aromatic rings. The molecule has 1 amide bonds. The van der Waals surface area contributed by atoms with E-state index in [4.69, 9.17) is 4.98 Å². The van der Waals surface area contributed by atoms with Gasteiger partial charge in [0, 0.05) is 35.1 Å². The first-order valence-corrected chi connectivity index (χ1v) is 9.81. The number of amides is 1. The third-order valence-corrected chi connectivity index (χ3v) is 6.05. The van der Waals surface area contributed by atoms with Crippen molar-refractivity contribution in [2.45, 2.75) is 13.0 Å². The molecule has 28 heavy (non-hydrogen) atoms. The number of carbonyl (C=O) groups is 1. The van der Waals surface area contributed by atoms with E-state index in [2.05, 4.69) is 27.3 Å². The van der Waals surface area contributed by atoms with Gasteiger partial charge in [0.15, 0.2) is 11.6 Å². The summed E-state index contributed by atoms with van der Waals surface area (Å²) in [6, 6.07) is 8.04. The molecule has 0 unspecified atom stereocenters. The summed E-state index contributed by atoms with van der Waals surface area (Å²) in [4.78, 5) is 22.5. The second kappa shape index (κ2) is 6.13. The fourth-order valence-electron chi connectivity index (χ4n) is 3.53. The van der Waals surface area contributed by atoms with Crippen molar-refractivity contribution < 1.29 is 4.79 Å². The first kappa shape index (κ1) is 16.9. The number of rotatable bonds is 2. The van der Waals surface area contributed by atoms with Crippen LogP contribution in [0.2, 0.25) is 0 Å². The van der Waals surface area contributed by atoms with Gasteiger partial charge in [-0.1, -0.05) is 6.58 Å². The normalized spacial score (nSPS) is 16.5. The molecular formula is C20H18N6OS. The first-order chi connectivity index (χ1) is 13.5. The Kier molecular flexibility index (Phi) is 3.70. The van der Waals surface area contributed by atoms with Gasteiger partial charge in [0.05, 0.1) is 11.2 Å². The van der Waals surface area contributed by atoms with E-state index in [1.54, 1.807) is 10.8 Å². The molecule has 0 saturated carbocycles. The molecule has 0 fully saturated rings. The lowest BCUT2D eigenvalue weighted by atomic mass is 10.1. The number of pyridine rings is 1. The van der Waals surface area contributed by atoms with Crippen molar-refractivity contribution in [2.24, 2.45) is 7.05 Å². The molecule has 1 atom stereocenters. The van der Waals surface area contributed by atoms with E-state index in [0.29, 0.717) is 23.9 Å². The van der Waals surface area contributed by atoms with Gasteiger partial charge in [-0.25, -0.2) is 14.6 Å². The van der Waals surface area contributed by atoms with Gasteiger partial charge in [0.2, 0.25) is 0 Å². The Balaban J connectivity index is 1.70. The maximum atomic E-state index is 12.5. The molecule has 5 rings (SSSR count). The van der Waals surface area contributed by atoms with Gasteiger partial charge in [-0.2, -0.15) is 0 Å². The Morgan fingerprint density at radius 1 is 1.29 bits per heavy atom. The Morgan fingerprint density at radius 3 is 2.93 bits per heavy atom. The molecule has 0 bridgehead atoms. The molecular weight excluding hydrogens is 372 g/mol. The van der Waals surface area contributed by atoms with Crippen molar-refractivity contribution in [3.05, 3.63) is 41.5 Å². The highest BCUT2D eigenvalue weighted by atomic mass is 32.1. The zero-order valence-electron chi connectivity index (χ0n) is 15.5. The minimum absolute atomic E-state index is 0.0268. The van der Waals surface area contributed by atoms with Gasteiger partial charge in [0.25, 0.3) is 5.91 Å². The van der Waals surface area contributed by atoms with E-state index in [0.717, 1.165) is 31.6 Å². The number of carbonyl (C=O) groups excluding carboxylic acids is 1. The summed E-state index contributed by atoms with van der Waals surface area (Å²) in [6.45, 7) is 6.44. The fourth-order valence-corrected chi connectivity index (χ4v) is 4.63. The Morgan fingerprint density at radius 2 is 2.14 bits per heavy atom. The van der Waals surface area contributed by atoms with E-state index >= 15 is 0 Å². The summed E-state index contributed by atoms with van der Waals surface area (Å²) < 4.78 is 2.74. The zero-order valence-corrected chi connectivity index (χ0v) is 16.3. The van der Waals surface area contributed by atoms with E-state index < -0.39 is 0 Å². The van der Waals surface area contributed by atoms with Crippen LogP contribution < -0.4 is 10.6 Å². The van der Waals surface area contributed by atoms with Gasteiger partial charge >= 0.3 is 0 Å². The lowest BCUT2D eigenvalue weighted by Crippen LogP contribution is -2.34. The lowest BCUT2D eigenvalue weighted by Gasteiger charge is -2.10. The van der Waals surface area contributed by atoms with Crippen LogP contribution in [0.1, 0.15) is 22.4 Å². The second-order valence-corrected chi connectivity index (χ2v) is 7.94. The predicted molar refractivity (Wildman–Crippen MR) is 113 cm³/mol. The van der Waals surface area contributed by atoms with Crippen LogP contribution in [0, 0.1) is 0 Å². The van der Waals surface area contributed by atoms with Crippen molar-refractivity contribution in [2.75, 3.05) is 11.9 Å². The average Bonchev–Trinajstić information content (AvgIpc) is 3.22. The molecule has 0 aliphatic carbocycles. The summed E-state index contributed by atoms with van der Waals surface area (Å²) in [7, 11) is 1.83. The number of aromatic nitrogens is 4. The fraction of sp³-hybridized carbons (Fsp3) is 0.200. The van der Waals surface area contributed by atoms with E-state index in [-0.39, 0.29) is 11.9 Å². The van der Waals surface area contributed by atoms with Crippen LogP contribution in [0.15, 0.2) is 30.8 Å².